The molecule has 0 saturated heterocycles. The van der Waals surface area contributed by atoms with Gasteiger partial charge in [-0.1, -0.05) is 18.2 Å². The third-order valence-electron chi connectivity index (χ3n) is 3.00. The summed E-state index contributed by atoms with van der Waals surface area (Å²) in [5, 5.41) is 2.13. The summed E-state index contributed by atoms with van der Waals surface area (Å²) >= 11 is 1.81. The van der Waals surface area contributed by atoms with Crippen molar-refractivity contribution in [2.45, 2.75) is 19.5 Å². The third kappa shape index (κ3) is 3.08. The molecule has 0 amide bonds. The number of hydrogen-bond acceptors (Lipinski definition) is 3. The van der Waals surface area contributed by atoms with E-state index in [9.17, 15) is 0 Å². The first kappa shape index (κ1) is 12.1. The molecular formula is C14H18N2S. The number of rotatable bonds is 4. The molecule has 2 aromatic rings. The monoisotopic (exact) mass is 246 g/mol. The molecule has 1 aromatic heterocycles. The lowest BCUT2D eigenvalue weighted by atomic mass is 10.1. The lowest BCUT2D eigenvalue weighted by molar-refractivity contribution is 0.256. The van der Waals surface area contributed by atoms with E-state index in [4.69, 9.17) is 5.73 Å². The Hall–Kier alpha value is -1.32. The van der Waals surface area contributed by atoms with Crippen LogP contribution in [0.25, 0.3) is 0 Å². The fourth-order valence-electron chi connectivity index (χ4n) is 1.86. The molecule has 0 aliphatic rings. The lowest BCUT2D eigenvalue weighted by Gasteiger charge is -2.23. The van der Waals surface area contributed by atoms with Crippen molar-refractivity contribution in [3.8, 4) is 0 Å². The molecule has 2 rings (SSSR count). The number of anilines is 1. The Bertz CT molecular complexity index is 465. The predicted molar refractivity (Wildman–Crippen MR) is 75.1 cm³/mol. The van der Waals surface area contributed by atoms with Gasteiger partial charge in [-0.25, -0.2) is 0 Å². The van der Waals surface area contributed by atoms with E-state index in [0.29, 0.717) is 6.04 Å². The second kappa shape index (κ2) is 5.34. The maximum absolute atomic E-state index is 5.79. The van der Waals surface area contributed by atoms with Crippen LogP contribution in [0.5, 0.6) is 0 Å². The van der Waals surface area contributed by atoms with Crippen LogP contribution in [-0.4, -0.2) is 11.9 Å². The Labute approximate surface area is 107 Å². The van der Waals surface area contributed by atoms with Gasteiger partial charge in [0.15, 0.2) is 0 Å². The Morgan fingerprint density at radius 2 is 2.12 bits per heavy atom. The molecule has 1 atom stereocenters. The van der Waals surface area contributed by atoms with Gasteiger partial charge in [-0.05, 0) is 43.1 Å². The van der Waals surface area contributed by atoms with Crippen LogP contribution in [0.3, 0.4) is 0 Å². The standard InChI is InChI=1S/C14H18N2S/c1-11(14-7-4-8-17-14)16(2)10-12-5-3-6-13(15)9-12/h3-9,11H,10,15H2,1-2H3. The van der Waals surface area contributed by atoms with Crippen molar-refractivity contribution in [2.24, 2.45) is 0 Å². The number of hydrogen-bond donors (Lipinski definition) is 1. The fourth-order valence-corrected chi connectivity index (χ4v) is 2.71. The largest absolute Gasteiger partial charge is 0.399 e. The number of nitrogen functional groups attached to an aromatic ring is 1. The molecule has 17 heavy (non-hydrogen) atoms. The molecule has 2 nitrogen and oxygen atoms in total. The first-order chi connectivity index (χ1) is 8.16. The van der Waals surface area contributed by atoms with Crippen molar-refractivity contribution in [1.82, 2.24) is 4.90 Å². The second-order valence-electron chi connectivity index (χ2n) is 4.35. The third-order valence-corrected chi connectivity index (χ3v) is 4.04. The van der Waals surface area contributed by atoms with E-state index in [1.165, 1.54) is 10.4 Å². The van der Waals surface area contributed by atoms with Crippen molar-refractivity contribution < 1.29 is 0 Å². The smallest absolute Gasteiger partial charge is 0.0413 e. The van der Waals surface area contributed by atoms with Gasteiger partial charge in [0.05, 0.1) is 0 Å². The van der Waals surface area contributed by atoms with Crippen LogP contribution in [0, 0.1) is 0 Å². The molecule has 1 aromatic carbocycles. The molecule has 0 spiro atoms. The highest BCUT2D eigenvalue weighted by Crippen LogP contribution is 2.24. The van der Waals surface area contributed by atoms with E-state index in [1.807, 2.05) is 18.2 Å². The average Bonchev–Trinajstić information content (AvgIpc) is 2.81. The van der Waals surface area contributed by atoms with Crippen LogP contribution < -0.4 is 5.73 Å². The Kier molecular flexibility index (Phi) is 3.82. The molecular weight excluding hydrogens is 228 g/mol. The van der Waals surface area contributed by atoms with Gasteiger partial charge in [-0.15, -0.1) is 11.3 Å². The summed E-state index contributed by atoms with van der Waals surface area (Å²) in [6.45, 7) is 3.15. The van der Waals surface area contributed by atoms with Crippen LogP contribution in [0.2, 0.25) is 0 Å². The normalized spacial score (nSPS) is 12.9. The quantitative estimate of drug-likeness (QED) is 0.836. The van der Waals surface area contributed by atoms with Crippen molar-refractivity contribution >= 4 is 17.0 Å². The molecule has 0 aliphatic carbocycles. The van der Waals surface area contributed by atoms with Crippen molar-refractivity contribution in [2.75, 3.05) is 12.8 Å². The van der Waals surface area contributed by atoms with Gasteiger partial charge in [-0.3, -0.25) is 4.90 Å². The van der Waals surface area contributed by atoms with Gasteiger partial charge in [0.25, 0.3) is 0 Å². The highest BCUT2D eigenvalue weighted by Gasteiger charge is 2.12. The fraction of sp³-hybridized carbons (Fsp3) is 0.286. The van der Waals surface area contributed by atoms with E-state index >= 15 is 0 Å². The van der Waals surface area contributed by atoms with E-state index in [1.54, 1.807) is 11.3 Å². The van der Waals surface area contributed by atoms with Crippen LogP contribution in [0.1, 0.15) is 23.4 Å². The molecule has 1 heterocycles. The second-order valence-corrected chi connectivity index (χ2v) is 5.33. The summed E-state index contributed by atoms with van der Waals surface area (Å²) in [4.78, 5) is 3.73. The van der Waals surface area contributed by atoms with Gasteiger partial charge in [0, 0.05) is 23.2 Å². The molecule has 90 valence electrons. The molecule has 0 radical (unpaired) electrons. The predicted octanol–water partition coefficient (Wildman–Crippen LogP) is 3.52. The summed E-state index contributed by atoms with van der Waals surface area (Å²) in [6.07, 6.45) is 0. The van der Waals surface area contributed by atoms with Gasteiger partial charge in [0.2, 0.25) is 0 Å². The van der Waals surface area contributed by atoms with Crippen molar-refractivity contribution in [3.05, 3.63) is 52.2 Å². The number of nitrogens with two attached hydrogens (primary N) is 1. The number of nitrogens with zero attached hydrogens (tertiary/aromatic N) is 1. The van der Waals surface area contributed by atoms with E-state index in [0.717, 1.165) is 12.2 Å². The zero-order valence-corrected chi connectivity index (χ0v) is 11.1. The molecule has 0 aliphatic heterocycles. The van der Waals surface area contributed by atoms with Crippen molar-refractivity contribution in [3.63, 3.8) is 0 Å². The summed E-state index contributed by atoms with van der Waals surface area (Å²) in [5.74, 6) is 0. The minimum Gasteiger partial charge on any atom is -0.399 e. The first-order valence-corrected chi connectivity index (χ1v) is 6.63. The van der Waals surface area contributed by atoms with Gasteiger partial charge in [0.1, 0.15) is 0 Å². The van der Waals surface area contributed by atoms with Crippen LogP contribution in [-0.2, 0) is 6.54 Å². The van der Waals surface area contributed by atoms with Gasteiger partial charge >= 0.3 is 0 Å². The Balaban J connectivity index is 2.04. The summed E-state index contributed by atoms with van der Waals surface area (Å²) in [5.41, 5.74) is 7.88. The molecule has 1 unspecified atom stereocenters. The van der Waals surface area contributed by atoms with Gasteiger partial charge < -0.3 is 5.73 Å². The SMILES string of the molecule is CC(c1cccs1)N(C)Cc1cccc(N)c1. The van der Waals surface area contributed by atoms with Crippen molar-refractivity contribution in [1.29, 1.82) is 0 Å². The minimum atomic E-state index is 0.441. The zero-order valence-electron chi connectivity index (χ0n) is 10.3. The van der Waals surface area contributed by atoms with E-state index in [2.05, 4.69) is 42.5 Å². The Morgan fingerprint density at radius 1 is 1.29 bits per heavy atom. The summed E-state index contributed by atoms with van der Waals surface area (Å²) in [6, 6.07) is 12.8. The molecule has 2 N–H and O–H groups in total. The Morgan fingerprint density at radius 3 is 2.76 bits per heavy atom. The molecule has 3 heteroatoms. The highest BCUT2D eigenvalue weighted by molar-refractivity contribution is 7.10. The highest BCUT2D eigenvalue weighted by atomic mass is 32.1. The number of benzene rings is 1. The summed E-state index contributed by atoms with van der Waals surface area (Å²) < 4.78 is 0. The van der Waals surface area contributed by atoms with Crippen LogP contribution in [0.15, 0.2) is 41.8 Å². The number of thiophene rings is 1. The maximum Gasteiger partial charge on any atom is 0.0413 e. The average molecular weight is 246 g/mol. The minimum absolute atomic E-state index is 0.441. The lowest BCUT2D eigenvalue weighted by Crippen LogP contribution is -2.21. The molecule has 0 saturated carbocycles. The molecule has 0 fully saturated rings. The van der Waals surface area contributed by atoms with E-state index < -0.39 is 0 Å². The summed E-state index contributed by atoms with van der Waals surface area (Å²) in [7, 11) is 2.15. The topological polar surface area (TPSA) is 29.3 Å². The van der Waals surface area contributed by atoms with E-state index in [-0.39, 0.29) is 0 Å². The van der Waals surface area contributed by atoms with Crippen LogP contribution in [0.4, 0.5) is 5.69 Å². The first-order valence-electron chi connectivity index (χ1n) is 5.75. The molecule has 0 bridgehead atoms. The van der Waals surface area contributed by atoms with Crippen LogP contribution >= 0.6 is 11.3 Å². The maximum atomic E-state index is 5.79. The van der Waals surface area contributed by atoms with Gasteiger partial charge in [-0.2, -0.15) is 0 Å². The zero-order chi connectivity index (χ0) is 12.3.